The van der Waals surface area contributed by atoms with E-state index in [1.807, 2.05) is 0 Å². The molecule has 4 heteroatoms. The summed E-state index contributed by atoms with van der Waals surface area (Å²) in [5.74, 6) is 0.730. The lowest BCUT2D eigenvalue weighted by molar-refractivity contribution is -0.0147. The Morgan fingerprint density at radius 1 is 1.25 bits per heavy atom. The molecule has 0 unspecified atom stereocenters. The van der Waals surface area contributed by atoms with Crippen LogP contribution < -0.4 is 10.1 Å². The van der Waals surface area contributed by atoms with Gasteiger partial charge in [0.05, 0.1) is 7.11 Å². The van der Waals surface area contributed by atoms with Gasteiger partial charge in [0.2, 0.25) is 6.41 Å². The molecule has 0 atom stereocenters. The van der Waals surface area contributed by atoms with Gasteiger partial charge in [-0.05, 0) is 24.3 Å². The molecule has 0 amide bonds. The van der Waals surface area contributed by atoms with E-state index in [2.05, 4.69) is 5.32 Å². The maximum absolute atomic E-state index is 8.55. The van der Waals surface area contributed by atoms with Gasteiger partial charge in [0.15, 0.2) is 0 Å². The topological polar surface area (TPSA) is 61.7 Å². The third-order valence-electron chi connectivity index (χ3n) is 1.39. The SMILES string of the molecule is COc1ccc(NC(O)O)cc1. The van der Waals surface area contributed by atoms with E-state index in [1.54, 1.807) is 31.4 Å². The van der Waals surface area contributed by atoms with E-state index >= 15 is 0 Å². The number of aliphatic hydroxyl groups is 2. The second-order valence-electron chi connectivity index (χ2n) is 2.25. The molecule has 1 aromatic carbocycles. The fraction of sp³-hybridized carbons (Fsp3) is 0.250. The van der Waals surface area contributed by atoms with Crippen LogP contribution in [0.3, 0.4) is 0 Å². The lowest BCUT2D eigenvalue weighted by Gasteiger charge is -2.07. The van der Waals surface area contributed by atoms with Gasteiger partial charge in [-0.15, -0.1) is 0 Å². The molecule has 0 aromatic heterocycles. The summed E-state index contributed by atoms with van der Waals surface area (Å²) in [5.41, 5.74) is 0.630. The van der Waals surface area contributed by atoms with Gasteiger partial charge in [-0.25, -0.2) is 0 Å². The fourth-order valence-corrected chi connectivity index (χ4v) is 0.836. The first-order valence-electron chi connectivity index (χ1n) is 3.49. The third kappa shape index (κ3) is 2.41. The molecule has 0 bridgehead atoms. The Bertz CT molecular complexity index is 233. The maximum Gasteiger partial charge on any atom is 0.232 e. The van der Waals surface area contributed by atoms with Crippen molar-refractivity contribution in [3.63, 3.8) is 0 Å². The number of hydrogen-bond donors (Lipinski definition) is 3. The molecule has 12 heavy (non-hydrogen) atoms. The molecule has 0 heterocycles. The summed E-state index contributed by atoms with van der Waals surface area (Å²) in [6.07, 6.45) is -1.53. The Morgan fingerprint density at radius 2 is 1.83 bits per heavy atom. The largest absolute Gasteiger partial charge is 0.497 e. The molecule has 0 fully saturated rings. The van der Waals surface area contributed by atoms with Crippen molar-refractivity contribution in [2.75, 3.05) is 12.4 Å². The van der Waals surface area contributed by atoms with Crippen LogP contribution in [0.25, 0.3) is 0 Å². The van der Waals surface area contributed by atoms with Crippen LogP contribution >= 0.6 is 0 Å². The molecule has 0 aliphatic heterocycles. The number of anilines is 1. The van der Waals surface area contributed by atoms with Crippen LogP contribution in [-0.2, 0) is 0 Å². The second kappa shape index (κ2) is 3.94. The predicted octanol–water partition coefficient (Wildman–Crippen LogP) is 0.375. The van der Waals surface area contributed by atoms with E-state index in [0.29, 0.717) is 5.69 Å². The summed E-state index contributed by atoms with van der Waals surface area (Å²) in [6.45, 7) is 0. The molecule has 0 aliphatic carbocycles. The molecule has 1 rings (SSSR count). The van der Waals surface area contributed by atoms with E-state index in [9.17, 15) is 0 Å². The second-order valence-corrected chi connectivity index (χ2v) is 2.25. The molecule has 0 spiro atoms. The third-order valence-corrected chi connectivity index (χ3v) is 1.39. The van der Waals surface area contributed by atoms with Crippen LogP contribution in [-0.4, -0.2) is 23.7 Å². The summed E-state index contributed by atoms with van der Waals surface area (Å²) >= 11 is 0. The summed E-state index contributed by atoms with van der Waals surface area (Å²) < 4.78 is 4.92. The molecule has 0 saturated carbocycles. The van der Waals surface area contributed by atoms with Crippen molar-refractivity contribution < 1.29 is 14.9 Å². The van der Waals surface area contributed by atoms with Crippen molar-refractivity contribution in [2.24, 2.45) is 0 Å². The number of nitrogens with one attached hydrogen (secondary N) is 1. The van der Waals surface area contributed by atoms with Crippen molar-refractivity contribution in [3.05, 3.63) is 24.3 Å². The number of rotatable bonds is 3. The zero-order valence-electron chi connectivity index (χ0n) is 6.69. The number of methoxy groups -OCH3 is 1. The molecule has 0 saturated heterocycles. The Morgan fingerprint density at radius 3 is 2.25 bits per heavy atom. The molecule has 3 N–H and O–H groups in total. The van der Waals surface area contributed by atoms with Crippen molar-refractivity contribution in [3.8, 4) is 5.75 Å². The lowest BCUT2D eigenvalue weighted by Crippen LogP contribution is -2.16. The van der Waals surface area contributed by atoms with Gasteiger partial charge in [0.1, 0.15) is 5.75 Å². The van der Waals surface area contributed by atoms with E-state index in [1.165, 1.54) is 0 Å². The van der Waals surface area contributed by atoms with Gasteiger partial charge >= 0.3 is 0 Å². The van der Waals surface area contributed by atoms with Gasteiger partial charge in [0.25, 0.3) is 0 Å². The average molecular weight is 169 g/mol. The minimum Gasteiger partial charge on any atom is -0.497 e. The molecular formula is C8H11NO3. The molecule has 4 nitrogen and oxygen atoms in total. The van der Waals surface area contributed by atoms with Gasteiger partial charge in [-0.1, -0.05) is 0 Å². The Balaban J connectivity index is 2.65. The summed E-state index contributed by atoms with van der Waals surface area (Å²) in [7, 11) is 1.57. The molecular weight excluding hydrogens is 158 g/mol. The highest BCUT2D eigenvalue weighted by Crippen LogP contribution is 2.14. The number of ether oxygens (including phenoxy) is 1. The lowest BCUT2D eigenvalue weighted by atomic mass is 10.3. The number of benzene rings is 1. The first-order chi connectivity index (χ1) is 5.72. The minimum absolute atomic E-state index is 0.630. The Kier molecular flexibility index (Phi) is 2.90. The first-order valence-corrected chi connectivity index (χ1v) is 3.49. The first kappa shape index (κ1) is 8.83. The van der Waals surface area contributed by atoms with E-state index < -0.39 is 6.41 Å². The number of aliphatic hydroxyl groups excluding tert-OH is 1. The zero-order valence-corrected chi connectivity index (χ0v) is 6.69. The van der Waals surface area contributed by atoms with Gasteiger partial charge < -0.3 is 20.3 Å². The van der Waals surface area contributed by atoms with Crippen LogP contribution in [0.2, 0.25) is 0 Å². The molecule has 0 aliphatic rings. The predicted molar refractivity (Wildman–Crippen MR) is 44.8 cm³/mol. The van der Waals surface area contributed by atoms with Crippen LogP contribution in [0, 0.1) is 0 Å². The minimum atomic E-state index is -1.53. The van der Waals surface area contributed by atoms with Gasteiger partial charge in [-0.3, -0.25) is 0 Å². The van der Waals surface area contributed by atoms with Crippen molar-refractivity contribution in [2.45, 2.75) is 6.41 Å². The quantitative estimate of drug-likeness (QED) is 0.572. The van der Waals surface area contributed by atoms with Crippen LogP contribution in [0.5, 0.6) is 5.75 Å². The van der Waals surface area contributed by atoms with Crippen molar-refractivity contribution in [1.82, 2.24) is 0 Å². The highest BCUT2D eigenvalue weighted by molar-refractivity contribution is 5.46. The van der Waals surface area contributed by atoms with Crippen LogP contribution in [0.4, 0.5) is 5.69 Å². The standard InChI is InChI=1S/C8H11NO3/c1-12-7-4-2-6(3-5-7)9-8(10)11/h2-5,8-11H,1H3. The van der Waals surface area contributed by atoms with Gasteiger partial charge in [0, 0.05) is 5.69 Å². The fourth-order valence-electron chi connectivity index (χ4n) is 0.836. The highest BCUT2D eigenvalue weighted by Gasteiger charge is 1.96. The molecule has 0 radical (unpaired) electrons. The Labute approximate surface area is 70.4 Å². The monoisotopic (exact) mass is 169 g/mol. The van der Waals surface area contributed by atoms with E-state index in [-0.39, 0.29) is 0 Å². The average Bonchev–Trinajstić information content (AvgIpc) is 2.05. The van der Waals surface area contributed by atoms with Gasteiger partial charge in [-0.2, -0.15) is 0 Å². The normalized spacial score (nSPS) is 10.0. The summed E-state index contributed by atoms with van der Waals surface area (Å²) in [6, 6.07) is 6.84. The molecule has 66 valence electrons. The smallest absolute Gasteiger partial charge is 0.232 e. The summed E-state index contributed by atoms with van der Waals surface area (Å²) in [4.78, 5) is 0. The summed E-state index contributed by atoms with van der Waals surface area (Å²) in [5, 5.41) is 19.5. The van der Waals surface area contributed by atoms with E-state index in [4.69, 9.17) is 14.9 Å². The highest BCUT2D eigenvalue weighted by atomic mass is 16.5. The zero-order chi connectivity index (χ0) is 8.97. The van der Waals surface area contributed by atoms with Crippen molar-refractivity contribution >= 4 is 5.69 Å². The number of hydrogen-bond acceptors (Lipinski definition) is 4. The molecule has 1 aromatic rings. The van der Waals surface area contributed by atoms with Crippen molar-refractivity contribution in [1.29, 1.82) is 0 Å². The Hall–Kier alpha value is -1.26. The van der Waals surface area contributed by atoms with Crippen LogP contribution in [0.1, 0.15) is 0 Å². The van der Waals surface area contributed by atoms with E-state index in [0.717, 1.165) is 5.75 Å². The maximum atomic E-state index is 8.55. The van der Waals surface area contributed by atoms with Crippen LogP contribution in [0.15, 0.2) is 24.3 Å².